The fourth-order valence-electron chi connectivity index (χ4n) is 1.43. The van der Waals surface area contributed by atoms with Crippen LogP contribution in [0.2, 0.25) is 0 Å². The normalized spacial score (nSPS) is 10.4. The Hall–Kier alpha value is -1.84. The van der Waals surface area contributed by atoms with Gasteiger partial charge in [0.05, 0.1) is 24.6 Å². The Kier molecular flexibility index (Phi) is 3.19. The lowest BCUT2D eigenvalue weighted by Crippen LogP contribution is -1.92. The Morgan fingerprint density at radius 3 is 1.94 bits per heavy atom. The number of ether oxygens (including phenoxy) is 2. The molecule has 0 saturated heterocycles. The molecule has 0 aromatic heterocycles. The second-order valence-corrected chi connectivity index (χ2v) is 3.21. The predicted molar refractivity (Wildman–Crippen MR) is 61.0 cm³/mol. The zero-order valence-corrected chi connectivity index (χ0v) is 9.43. The Morgan fingerprint density at radius 2 is 1.44 bits per heavy atom. The molecule has 0 N–H and O–H groups in total. The van der Waals surface area contributed by atoms with Gasteiger partial charge in [-0.2, -0.15) is 9.97 Å². The predicted octanol–water partition coefficient (Wildman–Crippen LogP) is 2.38. The van der Waals surface area contributed by atoms with Crippen molar-refractivity contribution >= 4 is 0 Å². The van der Waals surface area contributed by atoms with E-state index in [1.807, 2.05) is 38.1 Å². The molecule has 2 rings (SSSR count). The molecule has 4 heteroatoms. The molecule has 84 valence electrons. The van der Waals surface area contributed by atoms with Gasteiger partial charge in [-0.3, -0.25) is 0 Å². The number of fused-ring (bicyclic) bond motifs is 1. The molecule has 1 aliphatic carbocycles. The summed E-state index contributed by atoms with van der Waals surface area (Å²) in [5, 5.41) is 0. The second-order valence-electron chi connectivity index (χ2n) is 3.21. The van der Waals surface area contributed by atoms with E-state index < -0.39 is 0 Å². The number of hydrogen-bond donors (Lipinski definition) is 0. The van der Waals surface area contributed by atoms with E-state index in [-0.39, 0.29) is 0 Å². The van der Waals surface area contributed by atoms with Crippen molar-refractivity contribution in [3.63, 3.8) is 0 Å². The third-order valence-corrected chi connectivity index (χ3v) is 2.09. The van der Waals surface area contributed by atoms with Crippen molar-refractivity contribution < 1.29 is 9.47 Å². The van der Waals surface area contributed by atoms with Gasteiger partial charge in [0.2, 0.25) is 0 Å². The summed E-state index contributed by atoms with van der Waals surface area (Å²) in [6.07, 6.45) is 0. The third-order valence-electron chi connectivity index (χ3n) is 2.09. The van der Waals surface area contributed by atoms with Crippen LogP contribution in [0.1, 0.15) is 13.8 Å². The lowest BCUT2D eigenvalue weighted by molar-refractivity contribution is 0.316. The van der Waals surface area contributed by atoms with E-state index >= 15 is 0 Å². The van der Waals surface area contributed by atoms with E-state index in [4.69, 9.17) is 9.47 Å². The zero-order valence-electron chi connectivity index (χ0n) is 9.43. The summed E-state index contributed by atoms with van der Waals surface area (Å²) in [7, 11) is 0. The molecule has 0 bridgehead atoms. The van der Waals surface area contributed by atoms with Crippen LogP contribution < -0.4 is 9.47 Å². The maximum absolute atomic E-state index is 5.40. The summed E-state index contributed by atoms with van der Waals surface area (Å²) >= 11 is 0. The molecule has 1 heterocycles. The minimum atomic E-state index is 0.432. The van der Waals surface area contributed by atoms with Gasteiger partial charge in [0, 0.05) is 0 Å². The van der Waals surface area contributed by atoms with Crippen LogP contribution in [-0.2, 0) is 0 Å². The Balaban J connectivity index is 2.33. The van der Waals surface area contributed by atoms with Crippen LogP contribution in [0.4, 0.5) is 0 Å². The van der Waals surface area contributed by atoms with Crippen LogP contribution in [0.15, 0.2) is 24.3 Å². The van der Waals surface area contributed by atoms with Crippen LogP contribution in [-0.4, -0.2) is 23.2 Å². The molecule has 0 radical (unpaired) electrons. The molecule has 0 atom stereocenters. The van der Waals surface area contributed by atoms with E-state index in [9.17, 15) is 0 Å². The number of imidazole rings is 1. The van der Waals surface area contributed by atoms with Gasteiger partial charge in [-0.25, -0.2) is 0 Å². The fraction of sp³-hybridized carbons (Fsp3) is 0.333. The van der Waals surface area contributed by atoms with Crippen LogP contribution >= 0.6 is 0 Å². The highest BCUT2D eigenvalue weighted by atomic mass is 16.5. The zero-order chi connectivity index (χ0) is 11.4. The highest BCUT2D eigenvalue weighted by molar-refractivity contribution is 5.57. The van der Waals surface area contributed by atoms with E-state index in [2.05, 4.69) is 9.97 Å². The summed E-state index contributed by atoms with van der Waals surface area (Å²) in [5.74, 6) is 0.820. The molecule has 16 heavy (non-hydrogen) atoms. The number of rotatable bonds is 4. The van der Waals surface area contributed by atoms with Crippen LogP contribution in [0.5, 0.6) is 11.8 Å². The number of nitrogens with zero attached hydrogens (tertiary/aromatic N) is 2. The van der Waals surface area contributed by atoms with E-state index in [1.165, 1.54) is 0 Å². The molecular weight excluding hydrogens is 204 g/mol. The summed E-state index contributed by atoms with van der Waals surface area (Å²) in [6, 6.07) is 7.97. The van der Waals surface area contributed by atoms with Crippen molar-refractivity contribution in [2.24, 2.45) is 0 Å². The second kappa shape index (κ2) is 4.79. The number of aromatic nitrogens is 2. The topological polar surface area (TPSA) is 44.2 Å². The van der Waals surface area contributed by atoms with Gasteiger partial charge in [-0.1, -0.05) is 0 Å². The molecule has 1 aliphatic heterocycles. The first kappa shape index (κ1) is 10.7. The summed E-state index contributed by atoms with van der Waals surface area (Å²) in [4.78, 5) is 8.51. The Bertz CT molecular complexity index is 408. The molecule has 0 spiro atoms. The first-order chi connectivity index (χ1) is 7.83. The van der Waals surface area contributed by atoms with Crippen LogP contribution in [0, 0.1) is 0 Å². The van der Waals surface area contributed by atoms with E-state index in [0.717, 1.165) is 17.1 Å². The molecule has 0 aromatic carbocycles. The van der Waals surface area contributed by atoms with Gasteiger partial charge in [-0.05, 0) is 38.1 Å². The molecule has 0 fully saturated rings. The molecule has 0 aromatic rings. The van der Waals surface area contributed by atoms with Gasteiger partial charge in [0.1, 0.15) is 5.75 Å². The molecular formula is C12H14N2O2. The monoisotopic (exact) mass is 218 g/mol. The lowest BCUT2D eigenvalue weighted by atomic mass is 10.3. The molecule has 4 nitrogen and oxygen atoms in total. The maximum Gasteiger partial charge on any atom is 0.317 e. The quantitative estimate of drug-likeness (QED) is 0.790. The highest BCUT2D eigenvalue weighted by Crippen LogP contribution is 2.23. The van der Waals surface area contributed by atoms with Crippen LogP contribution in [0.25, 0.3) is 11.4 Å². The van der Waals surface area contributed by atoms with E-state index in [1.54, 1.807) is 0 Å². The average Bonchev–Trinajstić information content (AvgIpc) is 2.56. The maximum atomic E-state index is 5.40. The van der Waals surface area contributed by atoms with Gasteiger partial charge in [-0.15, -0.1) is 0 Å². The van der Waals surface area contributed by atoms with Crippen molar-refractivity contribution in [1.82, 2.24) is 9.97 Å². The number of hydrogen-bond acceptors (Lipinski definition) is 4. The average molecular weight is 218 g/mol. The third kappa shape index (κ3) is 2.21. The first-order valence-electron chi connectivity index (χ1n) is 5.37. The van der Waals surface area contributed by atoms with Gasteiger partial charge in [0.15, 0.2) is 0 Å². The fourth-order valence-corrected chi connectivity index (χ4v) is 1.43. The van der Waals surface area contributed by atoms with Crippen molar-refractivity contribution in [3.8, 4) is 23.1 Å². The van der Waals surface area contributed by atoms with Gasteiger partial charge < -0.3 is 9.47 Å². The molecule has 0 unspecified atom stereocenters. The Labute approximate surface area is 94.6 Å². The standard InChI is InChI=1S/C12H14N2O2/c1-3-15-9-5-7-10-11(8-6-9)14-12(13-10)16-4-2/h5-8H,3-4H2,1-2H3. The van der Waals surface area contributed by atoms with E-state index in [0.29, 0.717) is 19.2 Å². The van der Waals surface area contributed by atoms with Gasteiger partial charge in [0.25, 0.3) is 0 Å². The van der Waals surface area contributed by atoms with Gasteiger partial charge >= 0.3 is 6.01 Å². The summed E-state index contributed by atoms with van der Waals surface area (Å²) in [6.45, 7) is 5.09. The molecule has 0 amide bonds. The summed E-state index contributed by atoms with van der Waals surface area (Å²) in [5.41, 5.74) is 1.63. The first-order valence-corrected chi connectivity index (χ1v) is 5.37. The van der Waals surface area contributed by atoms with Crippen LogP contribution in [0.3, 0.4) is 0 Å². The molecule has 0 saturated carbocycles. The smallest absolute Gasteiger partial charge is 0.317 e. The van der Waals surface area contributed by atoms with Crippen molar-refractivity contribution in [1.29, 1.82) is 0 Å². The van der Waals surface area contributed by atoms with Crippen molar-refractivity contribution in [2.75, 3.05) is 13.2 Å². The SMILES string of the molecule is CCOc1ccc2nc(OCC)nc-2cc1. The van der Waals surface area contributed by atoms with Crippen molar-refractivity contribution in [3.05, 3.63) is 24.3 Å². The largest absolute Gasteiger partial charge is 0.494 e. The minimum Gasteiger partial charge on any atom is -0.494 e. The van der Waals surface area contributed by atoms with Crippen molar-refractivity contribution in [2.45, 2.75) is 13.8 Å². The molecule has 2 aliphatic rings. The minimum absolute atomic E-state index is 0.432. The highest BCUT2D eigenvalue weighted by Gasteiger charge is 2.09. The lowest BCUT2D eigenvalue weighted by Gasteiger charge is -1.97. The summed E-state index contributed by atoms with van der Waals surface area (Å²) < 4.78 is 10.6. The Morgan fingerprint density at radius 1 is 0.875 bits per heavy atom.